The molecule has 2 N–H and O–H groups in total. The summed E-state index contributed by atoms with van der Waals surface area (Å²) in [5.74, 6) is 0.552. The van der Waals surface area contributed by atoms with Crippen LogP contribution in [0.2, 0.25) is 0 Å². The summed E-state index contributed by atoms with van der Waals surface area (Å²) in [6, 6.07) is 25.6. The Balaban J connectivity index is 1.41. The molecule has 0 aliphatic heterocycles. The molecule has 0 saturated carbocycles. The summed E-state index contributed by atoms with van der Waals surface area (Å²) in [5, 5.41) is 5.92. The van der Waals surface area contributed by atoms with Crippen molar-refractivity contribution in [3.05, 3.63) is 101 Å². The molecule has 3 aromatic carbocycles. The molecule has 0 atom stereocenters. The van der Waals surface area contributed by atoms with Crippen LogP contribution < -0.4 is 15.4 Å². The van der Waals surface area contributed by atoms with Gasteiger partial charge in [0.2, 0.25) is 5.91 Å². The van der Waals surface area contributed by atoms with E-state index in [9.17, 15) is 9.59 Å². The molecule has 0 aliphatic carbocycles. The summed E-state index contributed by atoms with van der Waals surface area (Å²) < 4.78 is 5.85. The van der Waals surface area contributed by atoms with Gasteiger partial charge in [0.05, 0.1) is 0 Å². The Hall–Kier alpha value is -3.60. The topological polar surface area (TPSA) is 67.4 Å². The summed E-state index contributed by atoms with van der Waals surface area (Å²) in [5.41, 5.74) is 3.63. The molecular weight excluding hydrogens is 448 g/mol. The van der Waals surface area contributed by atoms with E-state index in [1.807, 2.05) is 92.7 Å². The van der Waals surface area contributed by atoms with Crippen molar-refractivity contribution < 1.29 is 14.3 Å². The first-order valence-corrected chi connectivity index (χ1v) is 12.5. The molecule has 0 unspecified atom stereocenters. The zero-order valence-corrected chi connectivity index (χ0v) is 22.1. The van der Waals surface area contributed by atoms with Crippen LogP contribution in [-0.2, 0) is 23.2 Å². The number of hydrogen-bond acceptors (Lipinski definition) is 3. The average Bonchev–Trinajstić information content (AvgIpc) is 2.83. The molecule has 0 saturated heterocycles. The van der Waals surface area contributed by atoms with Crippen molar-refractivity contribution in [2.24, 2.45) is 0 Å². The van der Waals surface area contributed by atoms with E-state index in [2.05, 4.69) is 31.4 Å². The molecule has 5 heteroatoms. The Morgan fingerprint density at radius 3 is 2.03 bits per heavy atom. The normalized spacial score (nSPS) is 11.6. The monoisotopic (exact) mass is 486 g/mol. The highest BCUT2D eigenvalue weighted by Crippen LogP contribution is 2.22. The molecule has 0 fully saturated rings. The van der Waals surface area contributed by atoms with Gasteiger partial charge in [-0.1, -0.05) is 75.4 Å². The summed E-state index contributed by atoms with van der Waals surface area (Å²) in [4.78, 5) is 24.9. The third kappa shape index (κ3) is 8.56. The maximum atomic E-state index is 12.5. The predicted molar refractivity (Wildman–Crippen MR) is 145 cm³/mol. The summed E-state index contributed by atoms with van der Waals surface area (Å²) >= 11 is 0. The first kappa shape index (κ1) is 27.0. The minimum Gasteiger partial charge on any atom is -0.489 e. The number of nitrogens with one attached hydrogen (secondary N) is 2. The number of benzene rings is 3. The number of carbonyl (C=O) groups is 2. The predicted octanol–water partition coefficient (Wildman–Crippen LogP) is 5.82. The number of carbonyl (C=O) groups excluding carboxylic acids is 2. The number of ether oxygens (including phenoxy) is 1. The Kier molecular flexibility index (Phi) is 8.92. The molecule has 0 heterocycles. The first-order chi connectivity index (χ1) is 17.0. The van der Waals surface area contributed by atoms with E-state index >= 15 is 0 Å². The van der Waals surface area contributed by atoms with Crippen LogP contribution >= 0.6 is 0 Å². The minimum absolute atomic E-state index is 0.0398. The molecular formula is C31H38N2O3. The van der Waals surface area contributed by atoms with Crippen LogP contribution in [0.5, 0.6) is 5.75 Å². The quantitative estimate of drug-likeness (QED) is 0.379. The van der Waals surface area contributed by atoms with E-state index in [-0.39, 0.29) is 30.2 Å². The molecule has 2 amide bonds. The van der Waals surface area contributed by atoms with E-state index in [1.165, 1.54) is 5.56 Å². The molecule has 3 aromatic rings. The Morgan fingerprint density at radius 2 is 1.42 bits per heavy atom. The van der Waals surface area contributed by atoms with Gasteiger partial charge in [0, 0.05) is 24.1 Å². The maximum absolute atomic E-state index is 12.5. The van der Waals surface area contributed by atoms with Crippen molar-refractivity contribution in [1.29, 1.82) is 0 Å². The lowest BCUT2D eigenvalue weighted by atomic mass is 9.87. The molecule has 5 nitrogen and oxygen atoms in total. The highest BCUT2D eigenvalue weighted by Gasteiger charge is 2.21. The Labute approximate surface area is 215 Å². The van der Waals surface area contributed by atoms with Crippen LogP contribution in [0.15, 0.2) is 78.9 Å². The van der Waals surface area contributed by atoms with E-state index < -0.39 is 5.54 Å². The fourth-order valence-electron chi connectivity index (χ4n) is 3.95. The van der Waals surface area contributed by atoms with Crippen LogP contribution in [0.3, 0.4) is 0 Å². The SMILES string of the molecule is CC(C)(Cc1ccc(OCc2ccccc2)cc1)NC(=O)CCNC(=O)c1ccc(C(C)(C)C)cc1. The van der Waals surface area contributed by atoms with Gasteiger partial charge in [0.25, 0.3) is 5.91 Å². The molecule has 0 aliphatic rings. The summed E-state index contributed by atoms with van der Waals surface area (Å²) in [6.45, 7) is 11.2. The zero-order chi connectivity index (χ0) is 26.2. The highest BCUT2D eigenvalue weighted by molar-refractivity contribution is 5.94. The van der Waals surface area contributed by atoms with Gasteiger partial charge in [-0.2, -0.15) is 0 Å². The van der Waals surface area contributed by atoms with Crippen molar-refractivity contribution in [2.75, 3.05) is 6.54 Å². The van der Waals surface area contributed by atoms with Gasteiger partial charge in [-0.15, -0.1) is 0 Å². The smallest absolute Gasteiger partial charge is 0.251 e. The highest BCUT2D eigenvalue weighted by atomic mass is 16.5. The van der Waals surface area contributed by atoms with Gasteiger partial charge >= 0.3 is 0 Å². The van der Waals surface area contributed by atoms with Crippen molar-refractivity contribution in [1.82, 2.24) is 10.6 Å². The van der Waals surface area contributed by atoms with E-state index in [0.717, 1.165) is 16.9 Å². The van der Waals surface area contributed by atoms with Gasteiger partial charge < -0.3 is 15.4 Å². The molecule has 36 heavy (non-hydrogen) atoms. The molecule has 0 spiro atoms. The fraction of sp³-hybridized carbons (Fsp3) is 0.355. The van der Waals surface area contributed by atoms with Gasteiger partial charge in [-0.05, 0) is 66.6 Å². The van der Waals surface area contributed by atoms with Crippen molar-refractivity contribution in [2.45, 2.75) is 65.0 Å². The lowest BCUT2D eigenvalue weighted by Crippen LogP contribution is -2.46. The van der Waals surface area contributed by atoms with Crippen molar-refractivity contribution in [3.63, 3.8) is 0 Å². The second kappa shape index (κ2) is 11.9. The van der Waals surface area contributed by atoms with E-state index in [0.29, 0.717) is 18.6 Å². The molecule has 0 aromatic heterocycles. The van der Waals surface area contributed by atoms with Crippen LogP contribution in [0.4, 0.5) is 0 Å². The molecule has 0 radical (unpaired) electrons. The third-order valence-corrected chi connectivity index (χ3v) is 5.95. The summed E-state index contributed by atoms with van der Waals surface area (Å²) in [7, 11) is 0. The van der Waals surface area contributed by atoms with E-state index in [4.69, 9.17) is 4.74 Å². The van der Waals surface area contributed by atoms with Crippen LogP contribution in [0.1, 0.15) is 68.1 Å². The van der Waals surface area contributed by atoms with E-state index in [1.54, 1.807) is 0 Å². The standard InChI is InChI=1S/C31H38N2O3/c1-30(2,3)26-15-13-25(14-16-26)29(35)32-20-19-28(34)33-31(4,5)21-23-11-17-27(18-12-23)36-22-24-9-7-6-8-10-24/h6-18H,19-22H2,1-5H3,(H,32,35)(H,33,34). The van der Waals surface area contributed by atoms with Gasteiger partial charge in [0.15, 0.2) is 0 Å². The van der Waals surface area contributed by atoms with Gasteiger partial charge in [-0.25, -0.2) is 0 Å². The third-order valence-electron chi connectivity index (χ3n) is 5.95. The molecule has 0 bridgehead atoms. The zero-order valence-electron chi connectivity index (χ0n) is 22.1. The maximum Gasteiger partial charge on any atom is 0.251 e. The largest absolute Gasteiger partial charge is 0.489 e. The van der Waals surface area contributed by atoms with Crippen LogP contribution in [0, 0.1) is 0 Å². The Bertz CT molecular complexity index is 1130. The molecule has 190 valence electrons. The lowest BCUT2D eigenvalue weighted by Gasteiger charge is -2.26. The fourth-order valence-corrected chi connectivity index (χ4v) is 3.95. The van der Waals surface area contributed by atoms with Crippen LogP contribution in [-0.4, -0.2) is 23.9 Å². The van der Waals surface area contributed by atoms with Crippen LogP contribution in [0.25, 0.3) is 0 Å². The lowest BCUT2D eigenvalue weighted by molar-refractivity contribution is -0.122. The number of amides is 2. The number of hydrogen-bond donors (Lipinski definition) is 2. The number of rotatable bonds is 10. The van der Waals surface area contributed by atoms with Gasteiger partial charge in [0.1, 0.15) is 12.4 Å². The van der Waals surface area contributed by atoms with Gasteiger partial charge in [-0.3, -0.25) is 9.59 Å². The van der Waals surface area contributed by atoms with Crippen molar-refractivity contribution >= 4 is 11.8 Å². The first-order valence-electron chi connectivity index (χ1n) is 12.5. The summed E-state index contributed by atoms with van der Waals surface area (Å²) in [6.07, 6.45) is 0.908. The second-order valence-corrected chi connectivity index (χ2v) is 10.9. The average molecular weight is 487 g/mol. The molecule has 3 rings (SSSR count). The minimum atomic E-state index is -0.420. The Morgan fingerprint density at radius 1 is 0.778 bits per heavy atom. The van der Waals surface area contributed by atoms with Crippen molar-refractivity contribution in [3.8, 4) is 5.75 Å². The second-order valence-electron chi connectivity index (χ2n) is 10.9.